The van der Waals surface area contributed by atoms with E-state index in [0.717, 1.165) is 5.56 Å². The molecule has 7 heteroatoms. The van der Waals surface area contributed by atoms with Crippen molar-refractivity contribution in [2.45, 2.75) is 25.8 Å². The monoisotopic (exact) mass is 333 g/mol. The van der Waals surface area contributed by atoms with Gasteiger partial charge in [-0.05, 0) is 5.56 Å². The van der Waals surface area contributed by atoms with Crippen LogP contribution in [-0.4, -0.2) is 49.2 Å². The van der Waals surface area contributed by atoms with Crippen LogP contribution in [0.25, 0.3) is 0 Å². The molecule has 1 heterocycles. The fourth-order valence-electron chi connectivity index (χ4n) is 2.75. The average Bonchev–Trinajstić information content (AvgIpc) is 2.84. The molecule has 2 rings (SSSR count). The lowest BCUT2D eigenvalue weighted by atomic mass is 9.95. The number of hydrogen-bond donors (Lipinski definition) is 1. The highest BCUT2D eigenvalue weighted by Gasteiger charge is 2.39. The standard InChI is InChI=1S/C14H23N3O2S.ClH/c1-3-16(4-2)20(18,19)17-10-13(14(15)11-17)12-8-6-5-7-9-12;/h5-9,13-14H,3-4,10-11,15H2,1-2H3;1H/t13-,14+;/m0./s1. The predicted molar refractivity (Wildman–Crippen MR) is 87.8 cm³/mol. The third-order valence-corrected chi connectivity index (χ3v) is 6.04. The van der Waals surface area contributed by atoms with Gasteiger partial charge in [-0.3, -0.25) is 0 Å². The first-order valence-electron chi connectivity index (χ1n) is 7.06. The lowest BCUT2D eigenvalue weighted by Crippen LogP contribution is -2.43. The molecule has 0 aliphatic carbocycles. The summed E-state index contributed by atoms with van der Waals surface area (Å²) in [4.78, 5) is 0. The molecular formula is C14H24ClN3O2S. The van der Waals surface area contributed by atoms with Gasteiger partial charge in [-0.15, -0.1) is 12.4 Å². The first-order chi connectivity index (χ1) is 9.50. The Morgan fingerprint density at radius 3 is 2.29 bits per heavy atom. The molecule has 1 aliphatic heterocycles. The summed E-state index contributed by atoms with van der Waals surface area (Å²) in [5.74, 6) is 0.0709. The summed E-state index contributed by atoms with van der Waals surface area (Å²) in [5, 5.41) is 0. The first kappa shape index (κ1) is 18.4. The SMILES string of the molecule is CCN(CC)S(=O)(=O)N1C[C@@H](N)[C@H](c2ccccc2)C1.Cl. The van der Waals surface area contributed by atoms with E-state index < -0.39 is 10.2 Å². The smallest absolute Gasteiger partial charge is 0.282 e. The van der Waals surface area contributed by atoms with Crippen molar-refractivity contribution in [3.63, 3.8) is 0 Å². The van der Waals surface area contributed by atoms with Crippen LogP contribution in [0.15, 0.2) is 30.3 Å². The molecule has 0 amide bonds. The molecule has 21 heavy (non-hydrogen) atoms. The molecule has 0 spiro atoms. The molecule has 0 saturated carbocycles. The third-order valence-electron chi connectivity index (χ3n) is 3.92. The Morgan fingerprint density at radius 1 is 1.19 bits per heavy atom. The van der Waals surface area contributed by atoms with Gasteiger partial charge < -0.3 is 5.73 Å². The predicted octanol–water partition coefficient (Wildman–Crippen LogP) is 1.42. The molecule has 0 radical (unpaired) electrons. The van der Waals surface area contributed by atoms with Crippen molar-refractivity contribution >= 4 is 22.6 Å². The van der Waals surface area contributed by atoms with Gasteiger partial charge in [-0.2, -0.15) is 17.0 Å². The fourth-order valence-corrected chi connectivity index (χ4v) is 4.43. The Labute approximate surface area is 133 Å². The largest absolute Gasteiger partial charge is 0.326 e. The van der Waals surface area contributed by atoms with E-state index >= 15 is 0 Å². The second-order valence-corrected chi connectivity index (χ2v) is 7.02. The third kappa shape index (κ3) is 3.76. The quantitative estimate of drug-likeness (QED) is 0.886. The average molecular weight is 334 g/mol. The highest BCUT2D eigenvalue weighted by Crippen LogP contribution is 2.28. The second-order valence-electron chi connectivity index (χ2n) is 5.09. The van der Waals surface area contributed by atoms with Gasteiger partial charge in [-0.25, -0.2) is 0 Å². The molecule has 1 fully saturated rings. The van der Waals surface area contributed by atoms with Gasteiger partial charge in [0.1, 0.15) is 0 Å². The van der Waals surface area contributed by atoms with Crippen molar-refractivity contribution in [1.82, 2.24) is 8.61 Å². The van der Waals surface area contributed by atoms with E-state index in [1.807, 2.05) is 44.2 Å². The number of halogens is 1. The summed E-state index contributed by atoms with van der Waals surface area (Å²) in [6, 6.07) is 9.75. The van der Waals surface area contributed by atoms with Crippen LogP contribution < -0.4 is 5.73 Å². The van der Waals surface area contributed by atoms with Crippen molar-refractivity contribution in [3.05, 3.63) is 35.9 Å². The van der Waals surface area contributed by atoms with Crippen LogP contribution >= 0.6 is 12.4 Å². The fraction of sp³-hybridized carbons (Fsp3) is 0.571. The highest BCUT2D eigenvalue weighted by atomic mass is 35.5. The van der Waals surface area contributed by atoms with Gasteiger partial charge in [0.25, 0.3) is 10.2 Å². The van der Waals surface area contributed by atoms with Crippen LogP contribution in [0.1, 0.15) is 25.3 Å². The van der Waals surface area contributed by atoms with Crippen LogP contribution in [0, 0.1) is 0 Å². The minimum Gasteiger partial charge on any atom is -0.326 e. The molecule has 5 nitrogen and oxygen atoms in total. The Bertz CT molecular complexity index is 534. The number of nitrogens with zero attached hydrogens (tertiary/aromatic N) is 2. The number of hydrogen-bond acceptors (Lipinski definition) is 3. The summed E-state index contributed by atoms with van der Waals surface area (Å²) >= 11 is 0. The van der Waals surface area contributed by atoms with Gasteiger partial charge in [0, 0.05) is 38.1 Å². The van der Waals surface area contributed by atoms with E-state index in [9.17, 15) is 8.42 Å². The minimum absolute atomic E-state index is 0. The molecular weight excluding hydrogens is 310 g/mol. The van der Waals surface area contributed by atoms with Crippen LogP contribution in [0.5, 0.6) is 0 Å². The van der Waals surface area contributed by atoms with Crippen molar-refractivity contribution < 1.29 is 8.42 Å². The Morgan fingerprint density at radius 2 is 1.76 bits per heavy atom. The molecule has 1 aliphatic rings. The maximum Gasteiger partial charge on any atom is 0.282 e. The lowest BCUT2D eigenvalue weighted by Gasteiger charge is -2.25. The van der Waals surface area contributed by atoms with Crippen LogP contribution in [0.3, 0.4) is 0 Å². The van der Waals surface area contributed by atoms with Crippen molar-refractivity contribution in [1.29, 1.82) is 0 Å². The van der Waals surface area contributed by atoms with Gasteiger partial charge in [0.15, 0.2) is 0 Å². The molecule has 1 aromatic rings. The van der Waals surface area contributed by atoms with Crippen LogP contribution in [-0.2, 0) is 10.2 Å². The maximum atomic E-state index is 12.5. The van der Waals surface area contributed by atoms with E-state index in [2.05, 4.69) is 0 Å². The Kier molecular flexibility index (Phi) is 6.62. The zero-order valence-corrected chi connectivity index (χ0v) is 14.1. The summed E-state index contributed by atoms with van der Waals surface area (Å²) in [5.41, 5.74) is 7.27. The zero-order valence-electron chi connectivity index (χ0n) is 12.5. The number of benzene rings is 1. The normalized spacial score (nSPS) is 23.2. The molecule has 1 saturated heterocycles. The molecule has 0 unspecified atom stereocenters. The molecule has 2 N–H and O–H groups in total. The van der Waals surface area contributed by atoms with Crippen LogP contribution in [0.4, 0.5) is 0 Å². The molecule has 120 valence electrons. The second kappa shape index (κ2) is 7.56. The van der Waals surface area contributed by atoms with Gasteiger partial charge in [0.2, 0.25) is 0 Å². The summed E-state index contributed by atoms with van der Waals surface area (Å²) in [6.07, 6.45) is 0. The van der Waals surface area contributed by atoms with Crippen molar-refractivity contribution in [2.75, 3.05) is 26.2 Å². The van der Waals surface area contributed by atoms with Crippen LogP contribution in [0.2, 0.25) is 0 Å². The van der Waals surface area contributed by atoms with E-state index in [4.69, 9.17) is 5.73 Å². The lowest BCUT2D eigenvalue weighted by molar-refractivity contribution is 0.376. The minimum atomic E-state index is -3.39. The highest BCUT2D eigenvalue weighted by molar-refractivity contribution is 7.86. The van der Waals surface area contributed by atoms with E-state index in [1.165, 1.54) is 8.61 Å². The topological polar surface area (TPSA) is 66.6 Å². The maximum absolute atomic E-state index is 12.5. The van der Waals surface area contributed by atoms with Gasteiger partial charge in [-0.1, -0.05) is 44.2 Å². The zero-order chi connectivity index (χ0) is 14.8. The van der Waals surface area contributed by atoms with Gasteiger partial charge in [0.05, 0.1) is 0 Å². The van der Waals surface area contributed by atoms with E-state index in [-0.39, 0.29) is 24.4 Å². The Balaban J connectivity index is 0.00000220. The first-order valence-corrected chi connectivity index (χ1v) is 8.46. The van der Waals surface area contributed by atoms with E-state index in [0.29, 0.717) is 26.2 Å². The number of nitrogens with two attached hydrogens (primary N) is 1. The summed E-state index contributed by atoms with van der Waals surface area (Å²) in [7, 11) is -3.39. The van der Waals surface area contributed by atoms with Crippen molar-refractivity contribution in [3.8, 4) is 0 Å². The molecule has 0 bridgehead atoms. The summed E-state index contributed by atoms with van der Waals surface area (Å²) < 4.78 is 28.0. The molecule has 0 aromatic heterocycles. The van der Waals surface area contributed by atoms with Gasteiger partial charge >= 0.3 is 0 Å². The Hall–Kier alpha value is -0.660. The van der Waals surface area contributed by atoms with E-state index in [1.54, 1.807) is 0 Å². The number of rotatable bonds is 5. The molecule has 2 atom stereocenters. The summed E-state index contributed by atoms with van der Waals surface area (Å²) in [6.45, 7) is 5.53. The van der Waals surface area contributed by atoms with Crippen molar-refractivity contribution in [2.24, 2.45) is 5.73 Å². The molecule has 1 aromatic carbocycles.